The smallest absolute Gasteiger partial charge is 0.252 e. The predicted molar refractivity (Wildman–Crippen MR) is 78.8 cm³/mol. The number of carbonyl (C=O) groups is 1. The maximum atomic E-state index is 12.2. The van der Waals surface area contributed by atoms with Crippen molar-refractivity contribution in [1.82, 2.24) is 5.32 Å². The molecule has 3 nitrogen and oxygen atoms in total. The first-order valence-corrected chi connectivity index (χ1v) is 7.68. The predicted octanol–water partition coefficient (Wildman–Crippen LogP) is 3.76. The third-order valence-electron chi connectivity index (χ3n) is 3.09. The fraction of sp³-hybridized carbons (Fsp3) is 0.214. The van der Waals surface area contributed by atoms with Crippen LogP contribution in [-0.2, 0) is 0 Å². The summed E-state index contributed by atoms with van der Waals surface area (Å²) in [6.45, 7) is 0.634. The number of rotatable bonds is 2. The van der Waals surface area contributed by atoms with Crippen molar-refractivity contribution >= 4 is 33.2 Å². The van der Waals surface area contributed by atoms with Gasteiger partial charge in [0.1, 0.15) is 5.75 Å². The van der Waals surface area contributed by atoms with Gasteiger partial charge in [-0.05, 0) is 28.1 Å². The van der Waals surface area contributed by atoms with Crippen LogP contribution in [0.25, 0.3) is 0 Å². The summed E-state index contributed by atoms with van der Waals surface area (Å²) < 4.78 is 6.55. The summed E-state index contributed by atoms with van der Waals surface area (Å²) in [6.07, 6.45) is 0.800. The largest absolute Gasteiger partial charge is 0.493 e. The molecule has 0 aliphatic carbocycles. The van der Waals surface area contributed by atoms with E-state index in [2.05, 4.69) is 21.2 Å². The van der Waals surface area contributed by atoms with Gasteiger partial charge in [-0.15, -0.1) is 11.3 Å². The maximum absolute atomic E-state index is 12.2. The van der Waals surface area contributed by atoms with Gasteiger partial charge in [-0.3, -0.25) is 4.79 Å². The van der Waals surface area contributed by atoms with E-state index in [9.17, 15) is 4.79 Å². The molecule has 98 valence electrons. The third kappa shape index (κ3) is 2.67. The normalized spacial score (nSPS) is 17.4. The van der Waals surface area contributed by atoms with Crippen LogP contribution in [0.15, 0.2) is 39.5 Å². The van der Waals surface area contributed by atoms with Gasteiger partial charge in [-0.25, -0.2) is 0 Å². The summed E-state index contributed by atoms with van der Waals surface area (Å²) in [5.74, 6) is 0.828. The molecule has 2 heterocycles. The van der Waals surface area contributed by atoms with Gasteiger partial charge in [0, 0.05) is 17.4 Å². The van der Waals surface area contributed by atoms with Gasteiger partial charge in [0.2, 0.25) is 0 Å². The van der Waals surface area contributed by atoms with Crippen LogP contribution in [0.5, 0.6) is 5.75 Å². The van der Waals surface area contributed by atoms with E-state index < -0.39 is 0 Å². The van der Waals surface area contributed by atoms with Gasteiger partial charge in [0.05, 0.1) is 22.0 Å². The minimum absolute atomic E-state index is 0.0242. The second-order valence-electron chi connectivity index (χ2n) is 4.34. The first-order valence-electron chi connectivity index (χ1n) is 6.00. The van der Waals surface area contributed by atoms with Gasteiger partial charge in [0.15, 0.2) is 0 Å². The summed E-state index contributed by atoms with van der Waals surface area (Å²) in [7, 11) is 0. The molecule has 1 N–H and O–H groups in total. The van der Waals surface area contributed by atoms with Crippen LogP contribution in [0, 0.1) is 0 Å². The summed E-state index contributed by atoms with van der Waals surface area (Å²) >= 11 is 4.88. The standard InChI is InChI=1S/C14H12BrNO2S/c15-13-7-9(8-19-13)14(17)16-11-5-6-18-12-4-2-1-3-10(11)12/h1-4,7-8,11H,5-6H2,(H,16,17). The molecule has 1 aromatic carbocycles. The number of para-hydroxylation sites is 1. The minimum Gasteiger partial charge on any atom is -0.493 e. The van der Waals surface area contributed by atoms with Crippen LogP contribution in [-0.4, -0.2) is 12.5 Å². The fourth-order valence-electron chi connectivity index (χ4n) is 2.16. The van der Waals surface area contributed by atoms with Crippen molar-refractivity contribution < 1.29 is 9.53 Å². The van der Waals surface area contributed by atoms with E-state index in [1.165, 1.54) is 11.3 Å². The van der Waals surface area contributed by atoms with Crippen molar-refractivity contribution in [3.05, 3.63) is 50.6 Å². The summed E-state index contributed by atoms with van der Waals surface area (Å²) in [5, 5.41) is 4.92. The molecule has 1 aliphatic heterocycles. The molecule has 5 heteroatoms. The Labute approximate surface area is 123 Å². The number of halogens is 1. The van der Waals surface area contributed by atoms with Gasteiger partial charge < -0.3 is 10.1 Å². The lowest BCUT2D eigenvalue weighted by Gasteiger charge is -2.26. The second-order valence-corrected chi connectivity index (χ2v) is 6.63. The molecule has 1 aromatic heterocycles. The Morgan fingerprint density at radius 3 is 3.05 bits per heavy atom. The van der Waals surface area contributed by atoms with Crippen molar-refractivity contribution in [1.29, 1.82) is 0 Å². The number of benzene rings is 1. The number of carbonyl (C=O) groups excluding carboxylic acids is 1. The molecule has 1 amide bonds. The number of hydrogen-bond acceptors (Lipinski definition) is 3. The van der Waals surface area contributed by atoms with E-state index in [-0.39, 0.29) is 11.9 Å². The lowest BCUT2D eigenvalue weighted by Crippen LogP contribution is -2.31. The zero-order valence-corrected chi connectivity index (χ0v) is 12.5. The Morgan fingerprint density at radius 2 is 2.26 bits per heavy atom. The van der Waals surface area contributed by atoms with Crippen molar-refractivity contribution in [3.8, 4) is 5.75 Å². The Morgan fingerprint density at radius 1 is 1.42 bits per heavy atom. The highest BCUT2D eigenvalue weighted by molar-refractivity contribution is 9.11. The number of hydrogen-bond donors (Lipinski definition) is 1. The molecular formula is C14H12BrNO2S. The Hall–Kier alpha value is -1.33. The molecule has 0 radical (unpaired) electrons. The molecule has 19 heavy (non-hydrogen) atoms. The monoisotopic (exact) mass is 337 g/mol. The topological polar surface area (TPSA) is 38.3 Å². The Bertz CT molecular complexity index is 611. The molecule has 0 fully saturated rings. The second kappa shape index (κ2) is 5.35. The quantitative estimate of drug-likeness (QED) is 0.905. The first kappa shape index (κ1) is 12.7. The van der Waals surface area contributed by atoms with E-state index in [0.29, 0.717) is 12.2 Å². The van der Waals surface area contributed by atoms with Gasteiger partial charge in [0.25, 0.3) is 5.91 Å². The lowest BCUT2D eigenvalue weighted by atomic mass is 10.0. The summed E-state index contributed by atoms with van der Waals surface area (Å²) in [5.41, 5.74) is 1.75. The summed E-state index contributed by atoms with van der Waals surface area (Å²) in [6, 6.07) is 9.71. The highest BCUT2D eigenvalue weighted by Crippen LogP contribution is 2.32. The highest BCUT2D eigenvalue weighted by atomic mass is 79.9. The molecule has 2 aromatic rings. The van der Waals surface area contributed by atoms with Crippen LogP contribution >= 0.6 is 27.3 Å². The molecular weight excluding hydrogens is 326 g/mol. The zero-order chi connectivity index (χ0) is 13.2. The first-order chi connectivity index (χ1) is 9.24. The number of thiophene rings is 1. The molecule has 1 atom stereocenters. The number of fused-ring (bicyclic) bond motifs is 1. The number of ether oxygens (including phenoxy) is 1. The van der Waals surface area contributed by atoms with Crippen LogP contribution in [0.3, 0.4) is 0 Å². The molecule has 0 bridgehead atoms. The average molecular weight is 338 g/mol. The van der Waals surface area contributed by atoms with Gasteiger partial charge in [-0.2, -0.15) is 0 Å². The Balaban J connectivity index is 1.79. The maximum Gasteiger partial charge on any atom is 0.252 e. The van der Waals surface area contributed by atoms with Crippen molar-refractivity contribution in [2.45, 2.75) is 12.5 Å². The molecule has 0 saturated carbocycles. The van der Waals surface area contributed by atoms with Crippen LogP contribution in [0.2, 0.25) is 0 Å². The van der Waals surface area contributed by atoms with Gasteiger partial charge >= 0.3 is 0 Å². The van der Waals surface area contributed by atoms with Crippen molar-refractivity contribution in [2.24, 2.45) is 0 Å². The van der Waals surface area contributed by atoms with E-state index in [0.717, 1.165) is 21.5 Å². The van der Waals surface area contributed by atoms with E-state index >= 15 is 0 Å². The SMILES string of the molecule is O=C(NC1CCOc2ccccc21)c1csc(Br)c1. The summed E-state index contributed by atoms with van der Waals surface area (Å²) in [4.78, 5) is 12.2. The molecule has 3 rings (SSSR count). The number of nitrogens with one attached hydrogen (secondary N) is 1. The van der Waals surface area contributed by atoms with Crippen molar-refractivity contribution in [2.75, 3.05) is 6.61 Å². The Kier molecular flexibility index (Phi) is 3.57. The highest BCUT2D eigenvalue weighted by Gasteiger charge is 2.23. The molecule has 1 unspecified atom stereocenters. The van der Waals surface area contributed by atoms with E-state index in [4.69, 9.17) is 4.74 Å². The number of amides is 1. The van der Waals surface area contributed by atoms with E-state index in [1.54, 1.807) is 0 Å². The zero-order valence-electron chi connectivity index (χ0n) is 10.1. The third-order valence-corrected chi connectivity index (χ3v) is 4.60. The van der Waals surface area contributed by atoms with Gasteiger partial charge in [-0.1, -0.05) is 18.2 Å². The minimum atomic E-state index is -0.0383. The van der Waals surface area contributed by atoms with Crippen LogP contribution < -0.4 is 10.1 Å². The average Bonchev–Trinajstić information content (AvgIpc) is 2.86. The lowest BCUT2D eigenvalue weighted by molar-refractivity contribution is 0.0925. The molecule has 0 saturated heterocycles. The van der Waals surface area contributed by atoms with Crippen molar-refractivity contribution in [3.63, 3.8) is 0 Å². The van der Waals surface area contributed by atoms with Crippen LogP contribution in [0.1, 0.15) is 28.4 Å². The fourth-order valence-corrected chi connectivity index (χ4v) is 3.30. The molecule has 1 aliphatic rings. The van der Waals surface area contributed by atoms with Crippen LogP contribution in [0.4, 0.5) is 0 Å². The molecule has 0 spiro atoms. The van der Waals surface area contributed by atoms with E-state index in [1.807, 2.05) is 35.7 Å².